The highest BCUT2D eigenvalue weighted by atomic mass is 16.5. The van der Waals surface area contributed by atoms with Gasteiger partial charge in [-0.2, -0.15) is 0 Å². The number of aryl methyl sites for hydroxylation is 1. The van der Waals surface area contributed by atoms with E-state index in [1.165, 1.54) is 0 Å². The summed E-state index contributed by atoms with van der Waals surface area (Å²) in [4.78, 5) is 13.2. The smallest absolute Gasteiger partial charge is 0.212 e. The molecular formula is C14H18N4O. The Labute approximate surface area is 113 Å². The van der Waals surface area contributed by atoms with Gasteiger partial charge in [0.15, 0.2) is 0 Å². The number of methoxy groups -OCH3 is 1. The third-order valence-electron chi connectivity index (χ3n) is 2.68. The number of hydrogen-bond acceptors (Lipinski definition) is 5. The summed E-state index contributed by atoms with van der Waals surface area (Å²) >= 11 is 0. The van der Waals surface area contributed by atoms with Gasteiger partial charge in [-0.05, 0) is 25.6 Å². The summed E-state index contributed by atoms with van der Waals surface area (Å²) in [5.41, 5.74) is 3.06. The monoisotopic (exact) mass is 258 g/mol. The van der Waals surface area contributed by atoms with Crippen LogP contribution in [0.1, 0.15) is 22.8 Å². The molecule has 0 amide bonds. The molecular weight excluding hydrogens is 240 g/mol. The Bertz CT molecular complexity index is 540. The van der Waals surface area contributed by atoms with E-state index in [2.05, 4.69) is 20.3 Å². The third kappa shape index (κ3) is 3.72. The lowest BCUT2D eigenvalue weighted by Crippen LogP contribution is -2.10. The maximum absolute atomic E-state index is 5.04. The fourth-order valence-electron chi connectivity index (χ4n) is 1.87. The highest BCUT2D eigenvalue weighted by Gasteiger charge is 2.04. The summed E-state index contributed by atoms with van der Waals surface area (Å²) in [6, 6.07) is 5.82. The Morgan fingerprint density at radius 1 is 1.26 bits per heavy atom. The maximum Gasteiger partial charge on any atom is 0.212 e. The maximum atomic E-state index is 5.04. The quantitative estimate of drug-likeness (QED) is 0.880. The number of nitrogens with one attached hydrogen (secondary N) is 1. The Morgan fingerprint density at radius 2 is 2.11 bits per heavy atom. The van der Waals surface area contributed by atoms with Crippen molar-refractivity contribution in [3.63, 3.8) is 0 Å². The van der Waals surface area contributed by atoms with Crippen LogP contribution >= 0.6 is 0 Å². The van der Waals surface area contributed by atoms with E-state index in [1.54, 1.807) is 13.3 Å². The van der Waals surface area contributed by atoms with Gasteiger partial charge in [0.25, 0.3) is 0 Å². The molecule has 0 atom stereocenters. The molecule has 2 rings (SSSR count). The predicted octanol–water partition coefficient (Wildman–Crippen LogP) is 1.50. The van der Waals surface area contributed by atoms with E-state index >= 15 is 0 Å². The number of pyridine rings is 1. The third-order valence-corrected chi connectivity index (χ3v) is 2.68. The van der Waals surface area contributed by atoms with Crippen LogP contribution in [-0.4, -0.2) is 29.1 Å². The van der Waals surface area contributed by atoms with E-state index in [1.807, 2.05) is 32.2 Å². The zero-order chi connectivity index (χ0) is 13.7. The average molecular weight is 258 g/mol. The fourth-order valence-corrected chi connectivity index (χ4v) is 1.87. The molecule has 5 nitrogen and oxygen atoms in total. The van der Waals surface area contributed by atoms with Gasteiger partial charge in [0.1, 0.15) is 5.82 Å². The lowest BCUT2D eigenvalue weighted by Gasteiger charge is -2.06. The average Bonchev–Trinajstić information content (AvgIpc) is 2.39. The molecule has 2 aromatic rings. The minimum Gasteiger partial charge on any atom is -0.481 e. The van der Waals surface area contributed by atoms with Gasteiger partial charge >= 0.3 is 0 Å². The van der Waals surface area contributed by atoms with Gasteiger partial charge in [0.2, 0.25) is 5.88 Å². The van der Waals surface area contributed by atoms with Crippen molar-refractivity contribution in [2.24, 2.45) is 0 Å². The molecule has 0 spiro atoms. The van der Waals surface area contributed by atoms with Crippen LogP contribution in [0.4, 0.5) is 0 Å². The molecule has 0 aliphatic carbocycles. The van der Waals surface area contributed by atoms with Crippen molar-refractivity contribution in [3.05, 3.63) is 47.2 Å². The van der Waals surface area contributed by atoms with E-state index in [-0.39, 0.29) is 0 Å². The number of rotatable bonds is 5. The van der Waals surface area contributed by atoms with Gasteiger partial charge in [-0.15, -0.1) is 0 Å². The zero-order valence-electron chi connectivity index (χ0n) is 11.5. The van der Waals surface area contributed by atoms with Crippen LogP contribution in [0.15, 0.2) is 24.4 Å². The van der Waals surface area contributed by atoms with Gasteiger partial charge < -0.3 is 10.1 Å². The van der Waals surface area contributed by atoms with Crippen LogP contribution in [0.25, 0.3) is 0 Å². The SMILES string of the molecule is CNCc1cc(C)nc(Cc2ccc(OC)nc2)n1. The fraction of sp³-hybridized carbons (Fsp3) is 0.357. The number of hydrogen-bond donors (Lipinski definition) is 1. The molecule has 0 aromatic carbocycles. The van der Waals surface area contributed by atoms with E-state index in [4.69, 9.17) is 4.74 Å². The lowest BCUT2D eigenvalue weighted by atomic mass is 10.2. The first-order valence-electron chi connectivity index (χ1n) is 6.18. The van der Waals surface area contributed by atoms with Crippen LogP contribution in [0.3, 0.4) is 0 Å². The molecule has 0 radical (unpaired) electrons. The van der Waals surface area contributed by atoms with Crippen molar-refractivity contribution in [3.8, 4) is 5.88 Å². The van der Waals surface area contributed by atoms with Gasteiger partial charge in [-0.25, -0.2) is 15.0 Å². The Kier molecular flexibility index (Phi) is 4.41. The van der Waals surface area contributed by atoms with Crippen LogP contribution in [-0.2, 0) is 13.0 Å². The molecule has 2 heterocycles. The second-order valence-electron chi connectivity index (χ2n) is 4.33. The molecule has 0 aliphatic heterocycles. The van der Waals surface area contributed by atoms with Gasteiger partial charge in [-0.3, -0.25) is 0 Å². The van der Waals surface area contributed by atoms with Gasteiger partial charge in [0.05, 0.1) is 12.8 Å². The molecule has 0 saturated heterocycles. The highest BCUT2D eigenvalue weighted by Crippen LogP contribution is 2.10. The number of ether oxygens (including phenoxy) is 1. The summed E-state index contributed by atoms with van der Waals surface area (Å²) in [6.07, 6.45) is 2.47. The van der Waals surface area contributed by atoms with Crippen molar-refractivity contribution in [1.29, 1.82) is 0 Å². The highest BCUT2D eigenvalue weighted by molar-refractivity contribution is 5.21. The zero-order valence-corrected chi connectivity index (χ0v) is 11.5. The molecule has 1 N–H and O–H groups in total. The van der Waals surface area contributed by atoms with Crippen molar-refractivity contribution in [2.45, 2.75) is 19.9 Å². The first-order chi connectivity index (χ1) is 9.21. The summed E-state index contributed by atoms with van der Waals surface area (Å²) in [5, 5.41) is 3.10. The molecule has 0 saturated carbocycles. The molecule has 5 heteroatoms. The first-order valence-corrected chi connectivity index (χ1v) is 6.18. The second-order valence-corrected chi connectivity index (χ2v) is 4.33. The molecule has 0 bridgehead atoms. The minimum absolute atomic E-state index is 0.616. The van der Waals surface area contributed by atoms with Crippen molar-refractivity contribution in [2.75, 3.05) is 14.2 Å². The van der Waals surface area contributed by atoms with Crippen molar-refractivity contribution < 1.29 is 4.74 Å². The van der Waals surface area contributed by atoms with Gasteiger partial charge in [-0.1, -0.05) is 6.07 Å². The molecule has 0 fully saturated rings. The summed E-state index contributed by atoms with van der Waals surface area (Å²) < 4.78 is 5.04. The molecule has 100 valence electrons. The topological polar surface area (TPSA) is 59.9 Å². The largest absolute Gasteiger partial charge is 0.481 e. The number of aromatic nitrogens is 3. The summed E-state index contributed by atoms with van der Waals surface area (Å²) in [7, 11) is 3.51. The minimum atomic E-state index is 0.616. The van der Waals surface area contributed by atoms with Crippen molar-refractivity contribution >= 4 is 0 Å². The Hall–Kier alpha value is -2.01. The molecule has 2 aromatic heterocycles. The van der Waals surface area contributed by atoms with E-state index in [0.29, 0.717) is 12.3 Å². The van der Waals surface area contributed by atoms with Gasteiger partial charge in [0, 0.05) is 30.9 Å². The van der Waals surface area contributed by atoms with E-state index in [9.17, 15) is 0 Å². The van der Waals surface area contributed by atoms with E-state index < -0.39 is 0 Å². The lowest BCUT2D eigenvalue weighted by molar-refractivity contribution is 0.397. The van der Waals surface area contributed by atoms with Crippen molar-refractivity contribution in [1.82, 2.24) is 20.3 Å². The summed E-state index contributed by atoms with van der Waals surface area (Å²) in [6.45, 7) is 2.73. The molecule has 0 aliphatic rings. The van der Waals surface area contributed by atoms with Crippen LogP contribution in [0.2, 0.25) is 0 Å². The first kappa shape index (κ1) is 13.4. The van der Waals surface area contributed by atoms with Crippen LogP contribution in [0.5, 0.6) is 5.88 Å². The summed E-state index contributed by atoms with van der Waals surface area (Å²) in [5.74, 6) is 1.43. The number of nitrogens with zero attached hydrogens (tertiary/aromatic N) is 3. The van der Waals surface area contributed by atoms with Crippen LogP contribution < -0.4 is 10.1 Å². The predicted molar refractivity (Wildman–Crippen MR) is 73.1 cm³/mol. The normalized spacial score (nSPS) is 10.5. The standard InChI is InChI=1S/C14H18N4O/c1-10-6-12(9-15-2)18-13(17-10)7-11-4-5-14(19-3)16-8-11/h4-6,8,15H,7,9H2,1-3H3. The van der Waals surface area contributed by atoms with Crippen LogP contribution in [0, 0.1) is 6.92 Å². The molecule has 19 heavy (non-hydrogen) atoms. The second kappa shape index (κ2) is 6.24. The Morgan fingerprint density at radius 3 is 2.74 bits per heavy atom. The molecule has 0 unspecified atom stereocenters. The van der Waals surface area contributed by atoms with E-state index in [0.717, 1.165) is 29.3 Å². The Balaban J connectivity index is 2.17.